The van der Waals surface area contributed by atoms with Gasteiger partial charge in [-0.2, -0.15) is 0 Å². The summed E-state index contributed by atoms with van der Waals surface area (Å²) in [6, 6.07) is 11.0. The summed E-state index contributed by atoms with van der Waals surface area (Å²) in [5, 5.41) is 0. The minimum absolute atomic E-state index is 0.186. The summed E-state index contributed by atoms with van der Waals surface area (Å²) >= 11 is 0. The van der Waals surface area contributed by atoms with Crippen molar-refractivity contribution in [3.63, 3.8) is 0 Å². The maximum absolute atomic E-state index is 13.6. The Morgan fingerprint density at radius 2 is 1.76 bits per heavy atom. The first kappa shape index (κ1) is 11.5. The summed E-state index contributed by atoms with van der Waals surface area (Å²) in [6.45, 7) is 1.34. The third-order valence-corrected chi connectivity index (χ3v) is 2.44. The highest BCUT2D eigenvalue weighted by molar-refractivity contribution is 6.00. The number of carbonyl (C=O) groups is 1. The smallest absolute Gasteiger partial charge is 0.161 e. The molecule has 0 unspecified atom stereocenters. The van der Waals surface area contributed by atoms with Crippen LogP contribution in [-0.4, -0.2) is 5.78 Å². The summed E-state index contributed by atoms with van der Waals surface area (Å²) in [7, 11) is 0. The van der Waals surface area contributed by atoms with Crippen molar-refractivity contribution in [3.05, 3.63) is 59.7 Å². The molecule has 0 atom stereocenters. The lowest BCUT2D eigenvalue weighted by molar-refractivity contribution is 0.101. The predicted molar refractivity (Wildman–Crippen MR) is 60.6 cm³/mol. The van der Waals surface area contributed by atoms with Gasteiger partial charge in [0.25, 0.3) is 0 Å². The van der Waals surface area contributed by atoms with Crippen LogP contribution in [0.3, 0.4) is 0 Å². The molecule has 0 aliphatic rings. The van der Waals surface area contributed by atoms with Crippen molar-refractivity contribution in [2.75, 3.05) is 0 Å². The second-order valence-corrected chi connectivity index (χ2v) is 3.61. The molecule has 2 rings (SSSR count). The van der Waals surface area contributed by atoms with Gasteiger partial charge in [0.05, 0.1) is 5.56 Å². The van der Waals surface area contributed by atoms with E-state index in [2.05, 4.69) is 6.07 Å². The van der Waals surface area contributed by atoms with Crippen molar-refractivity contribution in [2.45, 2.75) is 6.92 Å². The lowest BCUT2D eigenvalue weighted by Gasteiger charge is -2.08. The molecule has 0 aliphatic carbocycles. The van der Waals surface area contributed by atoms with Crippen molar-refractivity contribution >= 4 is 5.78 Å². The quantitative estimate of drug-likeness (QED) is 0.721. The Hall–Kier alpha value is -2.03. The molecule has 2 aromatic carbocycles. The summed E-state index contributed by atoms with van der Waals surface area (Å²) < 4.78 is 27.2. The highest BCUT2D eigenvalue weighted by Gasteiger charge is 2.16. The predicted octanol–water partition coefficient (Wildman–Crippen LogP) is 3.63. The van der Waals surface area contributed by atoms with Crippen LogP contribution in [0.2, 0.25) is 0 Å². The Kier molecular flexibility index (Phi) is 3.00. The summed E-state index contributed by atoms with van der Waals surface area (Å²) in [4.78, 5) is 11.4. The maximum Gasteiger partial charge on any atom is 0.161 e. The zero-order valence-corrected chi connectivity index (χ0v) is 9.13. The second-order valence-electron chi connectivity index (χ2n) is 3.61. The normalized spacial score (nSPS) is 10.3. The van der Waals surface area contributed by atoms with Gasteiger partial charge in [-0.25, -0.2) is 8.78 Å². The minimum Gasteiger partial charge on any atom is -0.294 e. The standard InChI is InChI=1S/C14H9F2O/c1-9(17)10-5-2-3-6-11(10)14-12(15)7-4-8-13(14)16/h2-4,6-8H,1H3. The first-order valence-electron chi connectivity index (χ1n) is 5.07. The monoisotopic (exact) mass is 231 g/mol. The number of benzene rings is 2. The van der Waals surface area contributed by atoms with Gasteiger partial charge in [0.2, 0.25) is 0 Å². The van der Waals surface area contributed by atoms with Crippen LogP contribution in [-0.2, 0) is 0 Å². The molecular formula is C14H9F2O. The van der Waals surface area contributed by atoms with Crippen LogP contribution in [0.5, 0.6) is 0 Å². The number of hydrogen-bond acceptors (Lipinski definition) is 1. The van der Waals surface area contributed by atoms with E-state index in [1.807, 2.05) is 0 Å². The maximum atomic E-state index is 13.6. The molecule has 0 fully saturated rings. The zero-order valence-electron chi connectivity index (χ0n) is 9.13. The van der Waals surface area contributed by atoms with Gasteiger partial charge in [-0.05, 0) is 30.7 Å². The highest BCUT2D eigenvalue weighted by atomic mass is 19.1. The average Bonchev–Trinajstić information content (AvgIpc) is 2.29. The molecule has 1 radical (unpaired) electrons. The van der Waals surface area contributed by atoms with Crippen molar-refractivity contribution in [3.8, 4) is 11.1 Å². The fraction of sp³-hybridized carbons (Fsp3) is 0.0714. The average molecular weight is 231 g/mol. The third kappa shape index (κ3) is 2.09. The molecule has 0 aromatic heterocycles. The van der Waals surface area contributed by atoms with Gasteiger partial charge in [0, 0.05) is 5.56 Å². The fourth-order valence-electron chi connectivity index (χ4n) is 1.69. The molecule has 0 aliphatic heterocycles. The number of ketones is 1. The van der Waals surface area contributed by atoms with Crippen LogP contribution in [0.15, 0.2) is 36.4 Å². The molecule has 85 valence electrons. The van der Waals surface area contributed by atoms with Crippen molar-refractivity contribution in [2.24, 2.45) is 0 Å². The zero-order chi connectivity index (χ0) is 12.4. The van der Waals surface area contributed by atoms with E-state index in [0.29, 0.717) is 0 Å². The summed E-state index contributed by atoms with van der Waals surface area (Å²) in [5.74, 6) is -1.65. The van der Waals surface area contributed by atoms with Crippen molar-refractivity contribution in [1.29, 1.82) is 0 Å². The van der Waals surface area contributed by atoms with E-state index in [-0.39, 0.29) is 22.5 Å². The molecule has 0 N–H and O–H groups in total. The molecule has 0 spiro atoms. The van der Waals surface area contributed by atoms with Crippen LogP contribution in [0.1, 0.15) is 17.3 Å². The second kappa shape index (κ2) is 4.45. The number of halogens is 2. The van der Waals surface area contributed by atoms with Crippen molar-refractivity contribution < 1.29 is 13.6 Å². The van der Waals surface area contributed by atoms with Crippen LogP contribution in [0.4, 0.5) is 8.78 Å². The van der Waals surface area contributed by atoms with E-state index in [4.69, 9.17) is 0 Å². The van der Waals surface area contributed by atoms with Gasteiger partial charge in [0.15, 0.2) is 5.78 Å². The molecule has 0 amide bonds. The van der Waals surface area contributed by atoms with Gasteiger partial charge in [-0.15, -0.1) is 0 Å². The van der Waals surface area contributed by atoms with Gasteiger partial charge in [-0.1, -0.05) is 24.3 Å². The van der Waals surface area contributed by atoms with E-state index in [9.17, 15) is 13.6 Å². The molecule has 0 heterocycles. The number of Topliss-reactive ketones (excluding diaryl/α,β-unsaturated/α-hetero) is 1. The van der Waals surface area contributed by atoms with E-state index in [0.717, 1.165) is 12.1 Å². The Balaban J connectivity index is 2.73. The minimum atomic E-state index is -0.688. The number of hydrogen-bond donors (Lipinski definition) is 0. The van der Waals surface area contributed by atoms with Gasteiger partial charge in [-0.3, -0.25) is 4.79 Å². The highest BCUT2D eigenvalue weighted by Crippen LogP contribution is 2.28. The topological polar surface area (TPSA) is 17.1 Å². The van der Waals surface area contributed by atoms with E-state index in [1.54, 1.807) is 12.1 Å². The first-order chi connectivity index (χ1) is 8.11. The van der Waals surface area contributed by atoms with Gasteiger partial charge in [0.1, 0.15) is 11.6 Å². The van der Waals surface area contributed by atoms with Gasteiger partial charge < -0.3 is 0 Å². The summed E-state index contributed by atoms with van der Waals surface area (Å²) in [5.41, 5.74) is 0.238. The SMILES string of the molecule is CC(=O)c1[c]cccc1-c1c(F)cccc1F. The Morgan fingerprint density at radius 1 is 1.12 bits per heavy atom. The lowest BCUT2D eigenvalue weighted by atomic mass is 9.97. The molecule has 17 heavy (non-hydrogen) atoms. The molecule has 2 aromatic rings. The van der Waals surface area contributed by atoms with Crippen LogP contribution in [0.25, 0.3) is 11.1 Å². The Morgan fingerprint density at radius 3 is 2.35 bits per heavy atom. The largest absolute Gasteiger partial charge is 0.294 e. The van der Waals surface area contributed by atoms with Gasteiger partial charge >= 0.3 is 0 Å². The van der Waals surface area contributed by atoms with E-state index < -0.39 is 11.6 Å². The third-order valence-electron chi connectivity index (χ3n) is 2.44. The van der Waals surface area contributed by atoms with E-state index in [1.165, 1.54) is 19.1 Å². The number of carbonyl (C=O) groups excluding carboxylic acids is 1. The molecule has 0 saturated carbocycles. The fourth-order valence-corrected chi connectivity index (χ4v) is 1.69. The Bertz CT molecular complexity index is 556. The Labute approximate surface area is 97.7 Å². The molecule has 1 nitrogen and oxygen atoms in total. The van der Waals surface area contributed by atoms with Crippen molar-refractivity contribution in [1.82, 2.24) is 0 Å². The van der Waals surface area contributed by atoms with Crippen LogP contribution < -0.4 is 0 Å². The molecule has 0 saturated heterocycles. The van der Waals surface area contributed by atoms with Crippen LogP contribution >= 0.6 is 0 Å². The lowest BCUT2D eigenvalue weighted by Crippen LogP contribution is -1.99. The molecular weight excluding hydrogens is 222 g/mol. The summed E-state index contributed by atoms with van der Waals surface area (Å²) in [6.07, 6.45) is 0. The molecule has 3 heteroatoms. The number of rotatable bonds is 2. The molecule has 0 bridgehead atoms. The van der Waals surface area contributed by atoms with E-state index >= 15 is 0 Å². The first-order valence-corrected chi connectivity index (χ1v) is 5.07. The van der Waals surface area contributed by atoms with Crippen LogP contribution in [0, 0.1) is 17.7 Å².